The minimum atomic E-state index is -1.05. The number of nitrogens with one attached hydrogen (secondary N) is 1. The average Bonchev–Trinajstić information content (AvgIpc) is 2.47. The highest BCUT2D eigenvalue weighted by atomic mass is 16.6. The molecule has 0 radical (unpaired) electrons. The molecule has 1 rings (SSSR count). The highest BCUT2D eigenvalue weighted by Gasteiger charge is 2.36. The molecule has 0 aromatic heterocycles. The maximum absolute atomic E-state index is 12.0. The SMILES string of the molecule is CCOC(=O)[C@H](Nc1ccc(OC)cc1)[C@H](CC)[N+](=O)[O-]. The van der Waals surface area contributed by atoms with Gasteiger partial charge in [-0.25, -0.2) is 4.79 Å². The third kappa shape index (κ3) is 4.62. The summed E-state index contributed by atoms with van der Waals surface area (Å²) in [6.45, 7) is 3.50. The van der Waals surface area contributed by atoms with Crippen molar-refractivity contribution >= 4 is 11.7 Å². The number of carbonyl (C=O) groups is 1. The van der Waals surface area contributed by atoms with E-state index in [0.717, 1.165) is 0 Å². The second kappa shape index (κ2) is 8.08. The van der Waals surface area contributed by atoms with Gasteiger partial charge in [0.15, 0.2) is 6.04 Å². The van der Waals surface area contributed by atoms with Crippen molar-refractivity contribution in [2.24, 2.45) is 0 Å². The molecule has 2 atom stereocenters. The van der Waals surface area contributed by atoms with E-state index in [1.807, 2.05) is 0 Å². The second-order valence-corrected chi connectivity index (χ2v) is 4.36. The topological polar surface area (TPSA) is 90.7 Å². The first-order valence-electron chi connectivity index (χ1n) is 6.74. The lowest BCUT2D eigenvalue weighted by atomic mass is 10.1. The van der Waals surface area contributed by atoms with E-state index in [9.17, 15) is 14.9 Å². The molecule has 1 aromatic carbocycles. The predicted octanol–water partition coefficient (Wildman–Crippen LogP) is 2.09. The van der Waals surface area contributed by atoms with Crippen LogP contribution in [0.1, 0.15) is 20.3 Å². The summed E-state index contributed by atoms with van der Waals surface area (Å²) >= 11 is 0. The van der Waals surface area contributed by atoms with Crippen molar-refractivity contribution in [1.29, 1.82) is 0 Å². The van der Waals surface area contributed by atoms with E-state index in [0.29, 0.717) is 11.4 Å². The lowest BCUT2D eigenvalue weighted by Crippen LogP contribution is -2.45. The molecular formula is C14H20N2O5. The van der Waals surface area contributed by atoms with E-state index in [2.05, 4.69) is 5.32 Å². The van der Waals surface area contributed by atoms with Gasteiger partial charge in [0.25, 0.3) is 0 Å². The standard InChI is InChI=1S/C14H20N2O5/c1-4-12(16(18)19)13(14(17)21-5-2)15-10-6-8-11(20-3)9-7-10/h6-9,12-13,15H,4-5H2,1-3H3/t12-,13+/m0/s1. The number of ether oxygens (including phenoxy) is 2. The minimum Gasteiger partial charge on any atom is -0.497 e. The number of hydrogen-bond donors (Lipinski definition) is 1. The van der Waals surface area contributed by atoms with Gasteiger partial charge in [-0.05, 0) is 31.2 Å². The van der Waals surface area contributed by atoms with Crippen LogP contribution in [-0.4, -0.2) is 36.7 Å². The van der Waals surface area contributed by atoms with Crippen molar-refractivity contribution in [3.63, 3.8) is 0 Å². The van der Waals surface area contributed by atoms with Crippen LogP contribution in [0.4, 0.5) is 5.69 Å². The molecule has 0 unspecified atom stereocenters. The zero-order valence-electron chi connectivity index (χ0n) is 12.4. The second-order valence-electron chi connectivity index (χ2n) is 4.36. The summed E-state index contributed by atoms with van der Waals surface area (Å²) in [4.78, 5) is 22.6. The fourth-order valence-electron chi connectivity index (χ4n) is 1.92. The van der Waals surface area contributed by atoms with Gasteiger partial charge in [0.2, 0.25) is 6.04 Å². The summed E-state index contributed by atoms with van der Waals surface area (Å²) < 4.78 is 9.96. The minimum absolute atomic E-state index is 0.174. The molecular weight excluding hydrogens is 276 g/mol. The number of carbonyl (C=O) groups excluding carboxylic acids is 1. The number of nitro groups is 1. The van der Waals surface area contributed by atoms with Crippen LogP contribution in [0, 0.1) is 10.1 Å². The van der Waals surface area contributed by atoms with Crippen LogP contribution in [0.2, 0.25) is 0 Å². The van der Waals surface area contributed by atoms with Crippen molar-refractivity contribution in [1.82, 2.24) is 0 Å². The summed E-state index contributed by atoms with van der Waals surface area (Å²) in [5.41, 5.74) is 0.592. The first-order chi connectivity index (χ1) is 10.0. The summed E-state index contributed by atoms with van der Waals surface area (Å²) in [6.07, 6.45) is 0.222. The molecule has 0 saturated heterocycles. The molecule has 0 aliphatic carbocycles. The Morgan fingerprint density at radius 3 is 2.38 bits per heavy atom. The lowest BCUT2D eigenvalue weighted by molar-refractivity contribution is -0.523. The number of hydrogen-bond acceptors (Lipinski definition) is 6. The smallest absolute Gasteiger partial charge is 0.335 e. The van der Waals surface area contributed by atoms with Gasteiger partial charge in [0, 0.05) is 17.0 Å². The number of benzene rings is 1. The van der Waals surface area contributed by atoms with Crippen molar-refractivity contribution in [3.8, 4) is 5.75 Å². The van der Waals surface area contributed by atoms with Gasteiger partial charge in [0.05, 0.1) is 13.7 Å². The zero-order chi connectivity index (χ0) is 15.8. The summed E-state index contributed by atoms with van der Waals surface area (Å²) in [6, 6.07) is 4.72. The molecule has 1 N–H and O–H groups in total. The van der Waals surface area contributed by atoms with E-state index in [1.54, 1.807) is 45.2 Å². The van der Waals surface area contributed by atoms with Crippen molar-refractivity contribution in [2.75, 3.05) is 19.0 Å². The van der Waals surface area contributed by atoms with E-state index < -0.39 is 23.0 Å². The van der Waals surface area contributed by atoms with E-state index in [4.69, 9.17) is 9.47 Å². The van der Waals surface area contributed by atoms with E-state index in [1.165, 1.54) is 0 Å². The van der Waals surface area contributed by atoms with Gasteiger partial charge in [-0.15, -0.1) is 0 Å². The van der Waals surface area contributed by atoms with Crippen molar-refractivity contribution in [2.45, 2.75) is 32.4 Å². The Labute approximate surface area is 123 Å². The number of anilines is 1. The molecule has 0 saturated carbocycles. The van der Waals surface area contributed by atoms with E-state index >= 15 is 0 Å². The highest BCUT2D eigenvalue weighted by molar-refractivity contribution is 5.80. The molecule has 0 bridgehead atoms. The summed E-state index contributed by atoms with van der Waals surface area (Å²) in [5, 5.41) is 14.0. The van der Waals surface area contributed by atoms with E-state index in [-0.39, 0.29) is 13.0 Å². The molecule has 0 aliphatic heterocycles. The average molecular weight is 296 g/mol. The maximum Gasteiger partial charge on any atom is 0.335 e. The molecule has 21 heavy (non-hydrogen) atoms. The quantitative estimate of drug-likeness (QED) is 0.449. The van der Waals surface area contributed by atoms with Crippen LogP contribution in [0.5, 0.6) is 5.75 Å². The summed E-state index contributed by atoms with van der Waals surface area (Å²) in [7, 11) is 1.55. The van der Waals surface area contributed by atoms with Crippen molar-refractivity contribution in [3.05, 3.63) is 34.4 Å². The maximum atomic E-state index is 12.0. The largest absolute Gasteiger partial charge is 0.497 e. The van der Waals surface area contributed by atoms with Gasteiger partial charge in [-0.2, -0.15) is 0 Å². The Balaban J connectivity index is 2.94. The molecule has 7 heteroatoms. The lowest BCUT2D eigenvalue weighted by Gasteiger charge is -2.21. The molecule has 0 aliphatic rings. The van der Waals surface area contributed by atoms with Crippen LogP contribution in [0.15, 0.2) is 24.3 Å². The van der Waals surface area contributed by atoms with Crippen LogP contribution >= 0.6 is 0 Å². The first kappa shape index (κ1) is 16.7. The third-order valence-corrected chi connectivity index (χ3v) is 3.03. The van der Waals surface area contributed by atoms with Gasteiger partial charge >= 0.3 is 5.97 Å². The Kier molecular flexibility index (Phi) is 6.45. The van der Waals surface area contributed by atoms with Gasteiger partial charge in [-0.3, -0.25) is 10.1 Å². The normalized spacial score (nSPS) is 13.1. The first-order valence-corrected chi connectivity index (χ1v) is 6.74. The number of esters is 1. The molecule has 0 fully saturated rings. The fraction of sp³-hybridized carbons (Fsp3) is 0.500. The zero-order valence-corrected chi connectivity index (χ0v) is 12.4. The molecule has 0 spiro atoms. The number of nitrogens with zero attached hydrogens (tertiary/aromatic N) is 1. The molecule has 0 amide bonds. The Morgan fingerprint density at radius 2 is 1.95 bits per heavy atom. The van der Waals surface area contributed by atoms with Crippen LogP contribution in [0.25, 0.3) is 0 Å². The fourth-order valence-corrected chi connectivity index (χ4v) is 1.92. The van der Waals surface area contributed by atoms with Gasteiger partial charge in [0.1, 0.15) is 5.75 Å². The van der Waals surface area contributed by atoms with Crippen LogP contribution < -0.4 is 10.1 Å². The highest BCUT2D eigenvalue weighted by Crippen LogP contribution is 2.18. The summed E-state index contributed by atoms with van der Waals surface area (Å²) in [5.74, 6) is 0.0337. The van der Waals surface area contributed by atoms with Gasteiger partial charge in [-0.1, -0.05) is 6.92 Å². The van der Waals surface area contributed by atoms with Gasteiger partial charge < -0.3 is 14.8 Å². The predicted molar refractivity (Wildman–Crippen MR) is 78.1 cm³/mol. The molecule has 7 nitrogen and oxygen atoms in total. The molecule has 1 aromatic rings. The Bertz CT molecular complexity index is 475. The monoisotopic (exact) mass is 296 g/mol. The van der Waals surface area contributed by atoms with Crippen LogP contribution in [0.3, 0.4) is 0 Å². The third-order valence-electron chi connectivity index (χ3n) is 3.03. The van der Waals surface area contributed by atoms with Crippen LogP contribution in [-0.2, 0) is 9.53 Å². The molecule has 116 valence electrons. The number of rotatable bonds is 8. The molecule has 0 heterocycles. The number of methoxy groups -OCH3 is 1. The van der Waals surface area contributed by atoms with Crippen molar-refractivity contribution < 1.29 is 19.2 Å². The Hall–Kier alpha value is -2.31. The Morgan fingerprint density at radius 1 is 1.33 bits per heavy atom.